The maximum Gasteiger partial charge on any atom is 0.306 e. The molecule has 0 spiro atoms. The monoisotopic (exact) mass is 532 g/mol. The molecule has 10 unspecified atom stereocenters. The molecule has 8 heteroatoms. The minimum atomic E-state index is -1.05. The average molecular weight is 533 g/mol. The number of carbonyl (C=O) groups is 4. The Labute approximate surface area is 224 Å². The zero-order valence-electron chi connectivity index (χ0n) is 23.5. The molecule has 212 valence electrons. The fourth-order valence-electron chi connectivity index (χ4n) is 9.24. The number of hydrogen-bond acceptors (Lipinski definition) is 7. The number of carboxylic acid groups (broad SMARTS) is 1. The highest BCUT2D eigenvalue weighted by Crippen LogP contribution is 2.71. The topological polar surface area (TPSA) is 149 Å². The van der Waals surface area contributed by atoms with Gasteiger partial charge in [-0.3, -0.25) is 19.2 Å². The molecule has 0 aromatic carbocycles. The lowest BCUT2D eigenvalue weighted by atomic mass is 9.42. The van der Waals surface area contributed by atoms with Crippen LogP contribution >= 0.6 is 0 Å². The number of aliphatic carboxylic acids is 1. The molecular formula is C30H44O8. The first kappa shape index (κ1) is 29.1. The van der Waals surface area contributed by atoms with Gasteiger partial charge in [0.1, 0.15) is 11.6 Å². The molecule has 38 heavy (non-hydrogen) atoms. The molecule has 0 amide bonds. The van der Waals surface area contributed by atoms with Crippen molar-refractivity contribution in [2.75, 3.05) is 6.61 Å². The van der Waals surface area contributed by atoms with Crippen LogP contribution in [0.2, 0.25) is 0 Å². The van der Waals surface area contributed by atoms with Crippen molar-refractivity contribution >= 4 is 23.3 Å². The highest BCUT2D eigenvalue weighted by atomic mass is 16.4. The van der Waals surface area contributed by atoms with Crippen molar-refractivity contribution in [2.45, 2.75) is 98.7 Å². The number of carboxylic acids is 1. The van der Waals surface area contributed by atoms with Gasteiger partial charge in [-0.25, -0.2) is 0 Å². The maximum absolute atomic E-state index is 14.1. The van der Waals surface area contributed by atoms with E-state index in [2.05, 4.69) is 0 Å². The average Bonchev–Trinajstić information content (AvgIpc) is 3.03. The lowest BCUT2D eigenvalue weighted by Crippen LogP contribution is -2.61. The van der Waals surface area contributed by atoms with Crippen LogP contribution in [-0.4, -0.2) is 62.6 Å². The minimum Gasteiger partial charge on any atom is -0.481 e. The van der Waals surface area contributed by atoms with Crippen LogP contribution < -0.4 is 0 Å². The van der Waals surface area contributed by atoms with Crippen LogP contribution in [0.5, 0.6) is 0 Å². The first-order valence-corrected chi connectivity index (χ1v) is 14.0. The van der Waals surface area contributed by atoms with Gasteiger partial charge in [0.15, 0.2) is 5.78 Å². The first-order valence-electron chi connectivity index (χ1n) is 14.0. The van der Waals surface area contributed by atoms with Crippen molar-refractivity contribution in [2.24, 2.45) is 45.3 Å². The van der Waals surface area contributed by atoms with E-state index in [4.69, 9.17) is 0 Å². The molecule has 0 radical (unpaired) electrons. The second-order valence-corrected chi connectivity index (χ2v) is 13.8. The Hall–Kier alpha value is -1.90. The Bertz CT molecular complexity index is 1090. The van der Waals surface area contributed by atoms with E-state index in [1.54, 1.807) is 6.92 Å². The SMILES string of the molecule is CC(CC(=O)CC(C)C1CC(O)C2(C)C3=C(C(=O)CC12C)C1(C)CCC(=O)C(C)(CO)C1CC3O)C(=O)O. The number of allylic oxidation sites excluding steroid dienone is 1. The van der Waals surface area contributed by atoms with E-state index in [9.17, 15) is 39.6 Å². The van der Waals surface area contributed by atoms with E-state index in [0.717, 1.165) is 0 Å². The van der Waals surface area contributed by atoms with Gasteiger partial charge in [0.05, 0.1) is 30.1 Å². The second-order valence-electron chi connectivity index (χ2n) is 13.8. The van der Waals surface area contributed by atoms with Crippen LogP contribution in [0.25, 0.3) is 0 Å². The predicted molar refractivity (Wildman–Crippen MR) is 139 cm³/mol. The van der Waals surface area contributed by atoms with Crippen LogP contribution in [0, 0.1) is 45.3 Å². The molecule has 4 aliphatic rings. The zero-order valence-corrected chi connectivity index (χ0v) is 23.5. The van der Waals surface area contributed by atoms with Crippen LogP contribution in [-0.2, 0) is 19.2 Å². The second kappa shape index (κ2) is 9.34. The van der Waals surface area contributed by atoms with Gasteiger partial charge in [-0.15, -0.1) is 0 Å². The van der Waals surface area contributed by atoms with Crippen molar-refractivity contribution < 1.29 is 39.6 Å². The van der Waals surface area contributed by atoms with Crippen LogP contribution in [0.1, 0.15) is 86.5 Å². The standard InChI is InChI=1S/C30H44O8/c1-15(9-17(32)10-16(2)26(37)38)18-11-23(36)30(6)25-19(33)12-21-27(3,8-7-22(35)28(21,4)14-31)24(25)20(34)13-29(18,30)5/h15-16,18-19,21,23,31,33,36H,7-14H2,1-6H3,(H,37,38). The van der Waals surface area contributed by atoms with Gasteiger partial charge in [0.2, 0.25) is 0 Å². The van der Waals surface area contributed by atoms with Gasteiger partial charge in [0.25, 0.3) is 0 Å². The molecule has 0 aromatic heterocycles. The Balaban J connectivity index is 1.75. The molecule has 4 rings (SSSR count). The van der Waals surface area contributed by atoms with E-state index < -0.39 is 51.7 Å². The van der Waals surface area contributed by atoms with E-state index in [-0.39, 0.29) is 67.9 Å². The smallest absolute Gasteiger partial charge is 0.306 e. The van der Waals surface area contributed by atoms with Crippen molar-refractivity contribution in [3.8, 4) is 0 Å². The Morgan fingerprint density at radius 1 is 1.03 bits per heavy atom. The summed E-state index contributed by atoms with van der Waals surface area (Å²) < 4.78 is 0. The van der Waals surface area contributed by atoms with Crippen LogP contribution in [0.15, 0.2) is 11.1 Å². The summed E-state index contributed by atoms with van der Waals surface area (Å²) in [5.74, 6) is -2.83. The molecule has 0 bridgehead atoms. The molecule has 0 aliphatic heterocycles. The number of ketones is 3. The molecule has 2 saturated carbocycles. The Kier molecular flexibility index (Phi) is 7.15. The van der Waals surface area contributed by atoms with Crippen molar-refractivity contribution in [1.29, 1.82) is 0 Å². The normalized spacial score (nSPS) is 44.2. The highest BCUT2D eigenvalue weighted by Gasteiger charge is 2.70. The zero-order chi connectivity index (χ0) is 28.6. The summed E-state index contributed by atoms with van der Waals surface area (Å²) in [6, 6.07) is 0. The number of Topliss-reactive ketones (excluding diaryl/α,β-unsaturated/α-hetero) is 3. The number of aliphatic hydroxyl groups is 3. The van der Waals surface area contributed by atoms with E-state index in [1.807, 2.05) is 27.7 Å². The van der Waals surface area contributed by atoms with Gasteiger partial charge in [-0.05, 0) is 48.0 Å². The Morgan fingerprint density at radius 3 is 2.24 bits per heavy atom. The number of fused-ring (bicyclic) bond motifs is 4. The highest BCUT2D eigenvalue weighted by molar-refractivity contribution is 6.01. The van der Waals surface area contributed by atoms with Gasteiger partial charge in [-0.2, -0.15) is 0 Å². The molecule has 10 atom stereocenters. The fraction of sp³-hybridized carbons (Fsp3) is 0.800. The van der Waals surface area contributed by atoms with Crippen molar-refractivity contribution in [3.63, 3.8) is 0 Å². The van der Waals surface area contributed by atoms with Gasteiger partial charge >= 0.3 is 5.97 Å². The van der Waals surface area contributed by atoms with Crippen molar-refractivity contribution in [1.82, 2.24) is 0 Å². The first-order chi connectivity index (χ1) is 17.5. The van der Waals surface area contributed by atoms with Gasteiger partial charge in [0, 0.05) is 42.1 Å². The van der Waals surface area contributed by atoms with Crippen LogP contribution in [0.3, 0.4) is 0 Å². The third-order valence-corrected chi connectivity index (χ3v) is 11.7. The quantitative estimate of drug-likeness (QED) is 0.391. The third kappa shape index (κ3) is 3.80. The Morgan fingerprint density at radius 2 is 1.66 bits per heavy atom. The lowest BCUT2D eigenvalue weighted by Gasteiger charge is -2.61. The fourth-order valence-corrected chi connectivity index (χ4v) is 9.24. The molecular weight excluding hydrogens is 488 g/mol. The van der Waals surface area contributed by atoms with E-state index in [1.165, 1.54) is 6.92 Å². The molecule has 2 fully saturated rings. The van der Waals surface area contributed by atoms with E-state index in [0.29, 0.717) is 24.0 Å². The molecule has 0 aromatic rings. The molecule has 4 aliphatic carbocycles. The van der Waals surface area contributed by atoms with Gasteiger partial charge < -0.3 is 20.4 Å². The molecule has 8 nitrogen and oxygen atoms in total. The number of hydrogen-bond donors (Lipinski definition) is 4. The largest absolute Gasteiger partial charge is 0.481 e. The predicted octanol–water partition coefficient (Wildman–Crippen LogP) is 3.10. The summed E-state index contributed by atoms with van der Waals surface area (Å²) in [5.41, 5.74) is -2.25. The number of carbonyl (C=O) groups excluding carboxylic acids is 3. The molecule has 0 heterocycles. The molecule has 4 N–H and O–H groups in total. The number of rotatable bonds is 7. The summed E-state index contributed by atoms with van der Waals surface area (Å²) in [6.45, 7) is 10.7. The van der Waals surface area contributed by atoms with Crippen molar-refractivity contribution in [3.05, 3.63) is 11.1 Å². The molecule has 0 saturated heterocycles. The summed E-state index contributed by atoms with van der Waals surface area (Å²) in [4.78, 5) is 50.9. The van der Waals surface area contributed by atoms with Crippen LogP contribution in [0.4, 0.5) is 0 Å². The summed E-state index contributed by atoms with van der Waals surface area (Å²) in [6.07, 6.45) is -0.287. The number of aliphatic hydroxyl groups excluding tert-OH is 3. The lowest BCUT2D eigenvalue weighted by molar-refractivity contribution is -0.152. The summed E-state index contributed by atoms with van der Waals surface area (Å²) >= 11 is 0. The summed E-state index contributed by atoms with van der Waals surface area (Å²) in [7, 11) is 0. The maximum atomic E-state index is 14.1. The van der Waals surface area contributed by atoms with E-state index >= 15 is 0 Å². The third-order valence-electron chi connectivity index (χ3n) is 11.7. The minimum absolute atomic E-state index is 0.0466. The van der Waals surface area contributed by atoms with Gasteiger partial charge in [-0.1, -0.05) is 41.5 Å². The summed E-state index contributed by atoms with van der Waals surface area (Å²) in [5, 5.41) is 42.7.